The van der Waals surface area contributed by atoms with Crippen molar-refractivity contribution in [3.63, 3.8) is 0 Å². The minimum Gasteiger partial charge on any atom is -0.383 e. The van der Waals surface area contributed by atoms with Crippen molar-refractivity contribution in [1.82, 2.24) is 19.4 Å². The Bertz CT molecular complexity index is 1440. The molecule has 0 bridgehead atoms. The zero-order valence-electron chi connectivity index (χ0n) is 19.2. The number of alkyl halides is 3. The van der Waals surface area contributed by atoms with Crippen molar-refractivity contribution >= 4 is 29.2 Å². The lowest BCUT2D eigenvalue weighted by atomic mass is 9.73. The van der Waals surface area contributed by atoms with E-state index >= 15 is 0 Å². The van der Waals surface area contributed by atoms with Crippen LogP contribution < -0.4 is 16.4 Å². The fourth-order valence-electron chi connectivity index (χ4n) is 5.53. The molecule has 1 aromatic carbocycles. The van der Waals surface area contributed by atoms with Crippen LogP contribution in [0.25, 0.3) is 5.65 Å². The lowest BCUT2D eigenvalue weighted by Crippen LogP contribution is -2.45. The molecule has 3 aromatic heterocycles. The molecular weight excluding hydrogens is 487 g/mol. The summed E-state index contributed by atoms with van der Waals surface area (Å²) in [5.74, 6) is 0.765. The third-order valence-corrected chi connectivity index (χ3v) is 8.54. The number of nitrogens with two attached hydrogens (primary N) is 2. The largest absolute Gasteiger partial charge is 0.434 e. The van der Waals surface area contributed by atoms with Gasteiger partial charge in [0.25, 0.3) is 0 Å². The van der Waals surface area contributed by atoms with Crippen LogP contribution in [0.5, 0.6) is 0 Å². The molecule has 1 saturated heterocycles. The van der Waals surface area contributed by atoms with E-state index < -0.39 is 11.9 Å². The maximum atomic E-state index is 13.5. The summed E-state index contributed by atoms with van der Waals surface area (Å²) in [7, 11) is 0. The second-order valence-corrected chi connectivity index (χ2v) is 10.5. The number of rotatable bonds is 3. The smallest absolute Gasteiger partial charge is 0.383 e. The number of nitrogen functional groups attached to an aromatic ring is 1. The highest BCUT2D eigenvalue weighted by Gasteiger charge is 2.46. The molecule has 4 aromatic rings. The van der Waals surface area contributed by atoms with E-state index in [1.54, 1.807) is 16.8 Å². The number of anilines is 2. The molecule has 6 rings (SSSR count). The van der Waals surface area contributed by atoms with Gasteiger partial charge in [-0.3, -0.25) is 9.38 Å². The van der Waals surface area contributed by atoms with Gasteiger partial charge in [0.15, 0.2) is 11.3 Å². The molecule has 1 aliphatic carbocycles. The zero-order chi connectivity index (χ0) is 25.1. The fraction of sp³-hybridized carbons (Fsp3) is 0.320. The first-order chi connectivity index (χ1) is 17.3. The zero-order valence-corrected chi connectivity index (χ0v) is 20.1. The Hall–Kier alpha value is -3.31. The van der Waals surface area contributed by atoms with Gasteiger partial charge in [0.2, 0.25) is 5.95 Å². The van der Waals surface area contributed by atoms with E-state index in [4.69, 9.17) is 11.5 Å². The molecule has 1 atom stereocenters. The van der Waals surface area contributed by atoms with E-state index in [1.165, 1.54) is 23.3 Å². The van der Waals surface area contributed by atoms with Crippen LogP contribution in [0.1, 0.15) is 35.7 Å². The highest BCUT2D eigenvalue weighted by Crippen LogP contribution is 2.51. The van der Waals surface area contributed by atoms with Gasteiger partial charge < -0.3 is 16.4 Å². The van der Waals surface area contributed by atoms with Gasteiger partial charge >= 0.3 is 6.18 Å². The van der Waals surface area contributed by atoms with Crippen molar-refractivity contribution in [2.45, 2.75) is 41.3 Å². The summed E-state index contributed by atoms with van der Waals surface area (Å²) in [6.07, 6.45) is 2.69. The van der Waals surface area contributed by atoms with Crippen LogP contribution in [-0.2, 0) is 12.6 Å². The van der Waals surface area contributed by atoms with Gasteiger partial charge in [-0.25, -0.2) is 4.98 Å². The molecule has 0 amide bonds. The maximum Gasteiger partial charge on any atom is 0.434 e. The average Bonchev–Trinajstić information content (AvgIpc) is 3.45. The topological polar surface area (TPSA) is 98.4 Å². The van der Waals surface area contributed by atoms with Crippen LogP contribution in [0.4, 0.5) is 24.9 Å². The van der Waals surface area contributed by atoms with E-state index in [-0.39, 0.29) is 22.2 Å². The quantitative estimate of drug-likeness (QED) is 0.411. The van der Waals surface area contributed by atoms with Gasteiger partial charge in [-0.05, 0) is 47.9 Å². The molecule has 0 saturated carbocycles. The summed E-state index contributed by atoms with van der Waals surface area (Å²) in [6.45, 7) is 1.49. The van der Waals surface area contributed by atoms with Crippen molar-refractivity contribution in [1.29, 1.82) is 0 Å². The number of piperidine rings is 1. The van der Waals surface area contributed by atoms with Crippen molar-refractivity contribution in [2.24, 2.45) is 11.1 Å². The van der Waals surface area contributed by atoms with Gasteiger partial charge in [0, 0.05) is 42.6 Å². The molecule has 4 N–H and O–H groups in total. The third kappa shape index (κ3) is 3.68. The first-order valence-electron chi connectivity index (χ1n) is 11.7. The molecule has 4 heterocycles. The molecule has 186 valence electrons. The number of hydrogen-bond acceptors (Lipinski definition) is 7. The summed E-state index contributed by atoms with van der Waals surface area (Å²) in [5.41, 5.74) is 15.1. The Balaban J connectivity index is 1.29. The second-order valence-electron chi connectivity index (χ2n) is 9.40. The normalized spacial score (nSPS) is 19.2. The summed E-state index contributed by atoms with van der Waals surface area (Å²) < 4.78 is 42.3. The van der Waals surface area contributed by atoms with Crippen molar-refractivity contribution < 1.29 is 13.2 Å². The Morgan fingerprint density at radius 1 is 1.03 bits per heavy atom. The predicted octanol–water partition coefficient (Wildman–Crippen LogP) is 4.72. The van der Waals surface area contributed by atoms with Crippen LogP contribution in [0, 0.1) is 5.41 Å². The van der Waals surface area contributed by atoms with E-state index in [2.05, 4.69) is 38.1 Å². The number of halogens is 3. The molecule has 36 heavy (non-hydrogen) atoms. The number of hydrogen-bond donors (Lipinski definition) is 2. The van der Waals surface area contributed by atoms with E-state index in [0.29, 0.717) is 16.5 Å². The molecule has 2 aliphatic rings. The predicted molar refractivity (Wildman–Crippen MR) is 132 cm³/mol. The number of pyridine rings is 1. The highest BCUT2D eigenvalue weighted by molar-refractivity contribution is 7.99. The SMILES string of the molecule is Nc1nc(N2CCC3(CC2)Cc2ccccc2C3N)n2ccnc2c1Sc1cccnc1C(F)(F)F. The van der Waals surface area contributed by atoms with Crippen molar-refractivity contribution in [3.05, 3.63) is 71.8 Å². The number of imidazole rings is 1. The Kier molecular flexibility index (Phi) is 5.38. The van der Waals surface area contributed by atoms with E-state index in [9.17, 15) is 13.2 Å². The molecule has 1 spiro atoms. The molecule has 1 aliphatic heterocycles. The van der Waals surface area contributed by atoms with Crippen LogP contribution >= 0.6 is 11.8 Å². The Morgan fingerprint density at radius 3 is 2.56 bits per heavy atom. The second kappa shape index (κ2) is 8.38. The third-order valence-electron chi connectivity index (χ3n) is 7.40. The summed E-state index contributed by atoms with van der Waals surface area (Å²) in [5, 5.41) is 0. The molecule has 1 unspecified atom stereocenters. The lowest BCUT2D eigenvalue weighted by Gasteiger charge is -2.42. The van der Waals surface area contributed by atoms with Crippen LogP contribution in [-0.4, -0.2) is 32.4 Å². The lowest BCUT2D eigenvalue weighted by molar-refractivity contribution is -0.143. The van der Waals surface area contributed by atoms with E-state index in [1.807, 2.05) is 6.07 Å². The standard InChI is InChI=1S/C25H24F3N7S/c26-25(27,28)20-17(6-3-9-31-20)36-18-21(30)33-23(35-13-10-32-22(18)35)34-11-7-24(8-12-34)14-15-4-1-2-5-16(15)19(24)29/h1-6,9-10,13,19H,7-8,11-12,14,29-30H2. The van der Waals surface area contributed by atoms with Crippen LogP contribution in [0.3, 0.4) is 0 Å². The Labute approximate surface area is 209 Å². The van der Waals surface area contributed by atoms with Gasteiger partial charge in [-0.1, -0.05) is 36.0 Å². The van der Waals surface area contributed by atoms with Gasteiger partial charge in [-0.2, -0.15) is 18.2 Å². The van der Waals surface area contributed by atoms with Gasteiger partial charge in [-0.15, -0.1) is 0 Å². The average molecular weight is 512 g/mol. The van der Waals surface area contributed by atoms with Crippen molar-refractivity contribution in [2.75, 3.05) is 23.7 Å². The molecule has 11 heteroatoms. The fourth-order valence-corrected chi connectivity index (χ4v) is 6.56. The first kappa shape index (κ1) is 23.1. The van der Waals surface area contributed by atoms with Crippen LogP contribution in [0.15, 0.2) is 64.8 Å². The minimum absolute atomic E-state index is 0.00299. The summed E-state index contributed by atoms with van der Waals surface area (Å²) in [4.78, 5) is 15.0. The van der Waals surface area contributed by atoms with Gasteiger partial charge in [0.1, 0.15) is 5.82 Å². The number of fused-ring (bicyclic) bond motifs is 2. The van der Waals surface area contributed by atoms with Gasteiger partial charge in [0.05, 0.1) is 4.90 Å². The molecular formula is C25H24F3N7S. The molecule has 1 fully saturated rings. The number of benzene rings is 1. The monoisotopic (exact) mass is 511 g/mol. The maximum absolute atomic E-state index is 13.5. The van der Waals surface area contributed by atoms with Crippen LogP contribution in [0.2, 0.25) is 0 Å². The first-order valence-corrected chi connectivity index (χ1v) is 12.5. The molecule has 7 nitrogen and oxygen atoms in total. The number of aromatic nitrogens is 4. The number of nitrogens with zero attached hydrogens (tertiary/aromatic N) is 5. The van der Waals surface area contributed by atoms with Crippen molar-refractivity contribution in [3.8, 4) is 0 Å². The molecule has 0 radical (unpaired) electrons. The van der Waals surface area contributed by atoms with E-state index in [0.717, 1.165) is 50.3 Å². The minimum atomic E-state index is -4.58. The Morgan fingerprint density at radius 2 is 1.81 bits per heavy atom. The highest BCUT2D eigenvalue weighted by atomic mass is 32.2. The summed E-state index contributed by atoms with van der Waals surface area (Å²) in [6, 6.07) is 11.2. The summed E-state index contributed by atoms with van der Waals surface area (Å²) >= 11 is 0.877.